The Morgan fingerprint density at radius 2 is 2.56 bits per heavy atom. The predicted molar refractivity (Wildman–Crippen MR) is 43.9 cm³/mol. The van der Waals surface area contributed by atoms with Crippen molar-refractivity contribution in [2.75, 3.05) is 0 Å². The number of aromatic nitrogens is 2. The second-order valence-corrected chi connectivity index (χ2v) is 2.73. The summed E-state index contributed by atoms with van der Waals surface area (Å²) in [5.41, 5.74) is 0.696. The molecule has 1 aromatic heterocycles. The van der Waals surface area contributed by atoms with Gasteiger partial charge >= 0.3 is 0 Å². The molecule has 0 N–H and O–H groups in total. The fraction of sp³-hybridized carbons (Fsp3) is 0.167. The Morgan fingerprint density at radius 1 is 1.89 bits per heavy atom. The number of hydrogen-bond donors (Lipinski definition) is 0. The van der Waals surface area contributed by atoms with Crippen LogP contribution < -0.4 is 0 Å². The summed E-state index contributed by atoms with van der Waals surface area (Å²) < 4.78 is 2.80. The molecule has 0 radical (unpaired) electrons. The highest BCUT2D eigenvalue weighted by Crippen LogP contribution is 2.03. The Kier molecular flexibility index (Phi) is 1.76. The van der Waals surface area contributed by atoms with Crippen molar-refractivity contribution in [2.24, 2.45) is 7.05 Å². The van der Waals surface area contributed by atoms with Gasteiger partial charge in [-0.25, -0.2) is 0 Å². The third kappa shape index (κ3) is 1.24. The summed E-state index contributed by atoms with van der Waals surface area (Å²) >= 11 is 2.17. The zero-order valence-electron chi connectivity index (χ0n) is 4.93. The van der Waals surface area contributed by atoms with Crippen molar-refractivity contribution in [3.8, 4) is 12.3 Å². The van der Waals surface area contributed by atoms with Crippen molar-refractivity contribution in [1.82, 2.24) is 9.78 Å². The number of terminal acetylenes is 1. The molecular weight excluding hydrogens is 227 g/mol. The molecule has 0 atom stereocenters. The van der Waals surface area contributed by atoms with Gasteiger partial charge < -0.3 is 0 Å². The maximum atomic E-state index is 5.10. The van der Waals surface area contributed by atoms with Gasteiger partial charge in [-0.2, -0.15) is 5.10 Å². The zero-order valence-corrected chi connectivity index (χ0v) is 7.08. The van der Waals surface area contributed by atoms with Crippen molar-refractivity contribution >= 4 is 22.6 Å². The van der Waals surface area contributed by atoms with Gasteiger partial charge in [-0.3, -0.25) is 4.68 Å². The minimum atomic E-state index is 0.696. The summed E-state index contributed by atoms with van der Waals surface area (Å²) in [6.07, 6.45) is 5.10. The lowest BCUT2D eigenvalue weighted by Gasteiger charge is -1.85. The van der Waals surface area contributed by atoms with Gasteiger partial charge in [0.2, 0.25) is 0 Å². The summed E-state index contributed by atoms with van der Waals surface area (Å²) in [6.45, 7) is 0. The van der Waals surface area contributed by atoms with Crippen LogP contribution in [-0.2, 0) is 7.05 Å². The van der Waals surface area contributed by atoms with E-state index in [0.29, 0.717) is 5.69 Å². The van der Waals surface area contributed by atoms with Crippen molar-refractivity contribution < 1.29 is 0 Å². The smallest absolute Gasteiger partial charge is 0.136 e. The molecule has 1 heterocycles. The molecule has 0 bridgehead atoms. The van der Waals surface area contributed by atoms with Gasteiger partial charge in [0.15, 0.2) is 0 Å². The molecule has 0 aliphatic carbocycles. The van der Waals surface area contributed by atoms with Crippen LogP contribution in [0.1, 0.15) is 5.69 Å². The molecule has 0 spiro atoms. The second kappa shape index (κ2) is 2.40. The maximum Gasteiger partial charge on any atom is 0.136 e. The van der Waals surface area contributed by atoms with Gasteiger partial charge in [0.25, 0.3) is 0 Å². The molecule has 0 amide bonds. The average molecular weight is 232 g/mol. The third-order valence-corrected chi connectivity index (χ3v) is 1.98. The number of aryl methyl sites for hydroxylation is 1. The Labute approximate surface area is 67.4 Å². The van der Waals surface area contributed by atoms with E-state index in [2.05, 4.69) is 33.6 Å². The lowest BCUT2D eigenvalue weighted by Crippen LogP contribution is -1.91. The first-order valence-corrected chi connectivity index (χ1v) is 3.48. The molecule has 0 aromatic carbocycles. The molecule has 2 nitrogen and oxygen atoms in total. The highest BCUT2D eigenvalue weighted by Gasteiger charge is 1.96. The van der Waals surface area contributed by atoms with Crippen molar-refractivity contribution in [1.29, 1.82) is 0 Å². The summed E-state index contributed by atoms with van der Waals surface area (Å²) in [6, 6.07) is 1.86. The number of halogens is 1. The Balaban J connectivity index is 3.16. The molecular formula is C6H5IN2. The monoisotopic (exact) mass is 232 g/mol. The predicted octanol–water partition coefficient (Wildman–Crippen LogP) is 1.01. The van der Waals surface area contributed by atoms with Crippen LogP contribution in [-0.4, -0.2) is 9.78 Å². The van der Waals surface area contributed by atoms with E-state index in [1.54, 1.807) is 4.68 Å². The van der Waals surface area contributed by atoms with Crippen LogP contribution in [0.25, 0.3) is 0 Å². The van der Waals surface area contributed by atoms with E-state index in [-0.39, 0.29) is 0 Å². The third-order valence-electron chi connectivity index (χ3n) is 0.971. The van der Waals surface area contributed by atoms with E-state index in [4.69, 9.17) is 6.42 Å². The SMILES string of the molecule is C#Cc1cc(I)n(C)n1. The highest BCUT2D eigenvalue weighted by molar-refractivity contribution is 14.1. The summed E-state index contributed by atoms with van der Waals surface area (Å²) in [5.74, 6) is 2.45. The average Bonchev–Trinajstić information content (AvgIpc) is 2.13. The molecule has 0 saturated carbocycles. The van der Waals surface area contributed by atoms with E-state index in [9.17, 15) is 0 Å². The van der Waals surface area contributed by atoms with Crippen molar-refractivity contribution in [3.05, 3.63) is 15.5 Å². The summed E-state index contributed by atoms with van der Waals surface area (Å²) in [7, 11) is 1.86. The molecule has 0 fully saturated rings. The Morgan fingerprint density at radius 3 is 2.78 bits per heavy atom. The lowest BCUT2D eigenvalue weighted by atomic mass is 10.5. The molecule has 0 saturated heterocycles. The number of nitrogens with zero attached hydrogens (tertiary/aromatic N) is 2. The topological polar surface area (TPSA) is 17.8 Å². The minimum Gasteiger partial charge on any atom is -0.261 e. The van der Waals surface area contributed by atoms with Crippen LogP contribution in [0, 0.1) is 16.0 Å². The van der Waals surface area contributed by atoms with E-state index < -0.39 is 0 Å². The summed E-state index contributed by atoms with van der Waals surface area (Å²) in [4.78, 5) is 0. The number of hydrogen-bond acceptors (Lipinski definition) is 1. The van der Waals surface area contributed by atoms with Gasteiger partial charge in [-0.05, 0) is 28.5 Å². The molecule has 46 valence electrons. The number of rotatable bonds is 0. The van der Waals surface area contributed by atoms with Crippen LogP contribution in [0.2, 0.25) is 0 Å². The van der Waals surface area contributed by atoms with Crippen molar-refractivity contribution in [3.63, 3.8) is 0 Å². The van der Waals surface area contributed by atoms with E-state index >= 15 is 0 Å². The van der Waals surface area contributed by atoms with E-state index in [0.717, 1.165) is 3.70 Å². The summed E-state index contributed by atoms with van der Waals surface area (Å²) in [5, 5.41) is 4.00. The molecule has 1 aromatic rings. The Hall–Kier alpha value is -0.500. The molecule has 0 aliphatic rings. The zero-order chi connectivity index (χ0) is 6.85. The van der Waals surface area contributed by atoms with Gasteiger partial charge in [0.1, 0.15) is 5.69 Å². The maximum absolute atomic E-state index is 5.10. The van der Waals surface area contributed by atoms with Crippen LogP contribution in [0.15, 0.2) is 6.07 Å². The molecule has 0 aliphatic heterocycles. The van der Waals surface area contributed by atoms with Crippen LogP contribution in [0.3, 0.4) is 0 Å². The lowest BCUT2D eigenvalue weighted by molar-refractivity contribution is 0.744. The largest absolute Gasteiger partial charge is 0.261 e. The quantitative estimate of drug-likeness (QED) is 0.482. The standard InChI is InChI=1S/C6H5IN2/c1-3-5-4-6(7)9(2)8-5/h1,4H,2H3. The first kappa shape index (κ1) is 6.62. The van der Waals surface area contributed by atoms with Gasteiger partial charge in [-0.1, -0.05) is 0 Å². The normalized spacial score (nSPS) is 9.00. The fourth-order valence-electron chi connectivity index (χ4n) is 0.515. The van der Waals surface area contributed by atoms with Crippen LogP contribution >= 0.6 is 22.6 Å². The minimum absolute atomic E-state index is 0.696. The molecule has 3 heteroatoms. The van der Waals surface area contributed by atoms with E-state index in [1.165, 1.54) is 0 Å². The van der Waals surface area contributed by atoms with Crippen LogP contribution in [0.4, 0.5) is 0 Å². The van der Waals surface area contributed by atoms with Gasteiger partial charge in [0.05, 0.1) is 3.70 Å². The highest BCUT2D eigenvalue weighted by atomic mass is 127. The van der Waals surface area contributed by atoms with Gasteiger partial charge in [0, 0.05) is 13.1 Å². The second-order valence-electron chi connectivity index (χ2n) is 1.62. The van der Waals surface area contributed by atoms with Crippen LogP contribution in [0.5, 0.6) is 0 Å². The van der Waals surface area contributed by atoms with Gasteiger partial charge in [-0.15, -0.1) is 6.42 Å². The van der Waals surface area contributed by atoms with Crippen molar-refractivity contribution in [2.45, 2.75) is 0 Å². The first-order chi connectivity index (χ1) is 4.24. The van der Waals surface area contributed by atoms with E-state index in [1.807, 2.05) is 13.1 Å². The molecule has 9 heavy (non-hydrogen) atoms. The molecule has 0 unspecified atom stereocenters. The Bertz CT molecular complexity index is 237. The first-order valence-electron chi connectivity index (χ1n) is 2.40. The fourth-order valence-corrected chi connectivity index (χ4v) is 0.918. The molecule has 1 rings (SSSR count).